The standard InChI is InChI=1S/C21H27N3O3/c1-4-15-5-7-16(8-6-15)18(24(2)3)14-22-21(25)23-17-9-10-19-20(13-17)27-12-11-26-19/h5-10,13,18H,4,11-12,14H2,1-3H3,(H2,22,23,25). The van der Waals surface area contributed by atoms with Crippen LogP contribution < -0.4 is 20.1 Å². The molecule has 144 valence electrons. The molecule has 6 nitrogen and oxygen atoms in total. The minimum absolute atomic E-state index is 0.0990. The minimum Gasteiger partial charge on any atom is -0.486 e. The number of fused-ring (bicyclic) bond motifs is 1. The summed E-state index contributed by atoms with van der Waals surface area (Å²) in [6, 6.07) is 13.8. The molecule has 1 unspecified atom stereocenters. The number of aryl methyl sites for hydroxylation is 1. The van der Waals surface area contributed by atoms with E-state index in [1.165, 1.54) is 11.1 Å². The van der Waals surface area contributed by atoms with E-state index >= 15 is 0 Å². The summed E-state index contributed by atoms with van der Waals surface area (Å²) in [7, 11) is 4.03. The lowest BCUT2D eigenvalue weighted by Crippen LogP contribution is -2.36. The summed E-state index contributed by atoms with van der Waals surface area (Å²) < 4.78 is 11.0. The van der Waals surface area contributed by atoms with Crippen LogP contribution in [0.4, 0.5) is 10.5 Å². The van der Waals surface area contributed by atoms with E-state index < -0.39 is 0 Å². The van der Waals surface area contributed by atoms with Crippen LogP contribution >= 0.6 is 0 Å². The first-order chi connectivity index (χ1) is 13.1. The maximum Gasteiger partial charge on any atom is 0.319 e. The van der Waals surface area contributed by atoms with Gasteiger partial charge in [0.1, 0.15) is 13.2 Å². The smallest absolute Gasteiger partial charge is 0.319 e. The fourth-order valence-corrected chi connectivity index (χ4v) is 3.06. The van der Waals surface area contributed by atoms with Crippen molar-refractivity contribution in [3.05, 3.63) is 53.6 Å². The van der Waals surface area contributed by atoms with Gasteiger partial charge in [0, 0.05) is 18.3 Å². The lowest BCUT2D eigenvalue weighted by molar-refractivity contribution is 0.171. The number of ether oxygens (including phenoxy) is 2. The third-order valence-corrected chi connectivity index (χ3v) is 4.65. The maximum absolute atomic E-state index is 12.3. The molecule has 0 aromatic heterocycles. The van der Waals surface area contributed by atoms with Crippen molar-refractivity contribution in [3.63, 3.8) is 0 Å². The van der Waals surface area contributed by atoms with E-state index in [1.54, 1.807) is 12.1 Å². The zero-order chi connectivity index (χ0) is 19.2. The molecule has 3 rings (SSSR count). The van der Waals surface area contributed by atoms with Gasteiger partial charge >= 0.3 is 6.03 Å². The molecule has 6 heteroatoms. The minimum atomic E-state index is -0.247. The fourth-order valence-electron chi connectivity index (χ4n) is 3.06. The Hall–Kier alpha value is -2.73. The van der Waals surface area contributed by atoms with Crippen molar-refractivity contribution >= 4 is 11.7 Å². The Bertz CT molecular complexity index is 775. The first-order valence-electron chi connectivity index (χ1n) is 9.26. The SMILES string of the molecule is CCc1ccc(C(CNC(=O)Nc2ccc3c(c2)OCCO3)N(C)C)cc1. The van der Waals surface area contributed by atoms with Crippen molar-refractivity contribution < 1.29 is 14.3 Å². The molecule has 2 aromatic carbocycles. The van der Waals surface area contributed by atoms with Crippen LogP contribution in [0.1, 0.15) is 24.1 Å². The first-order valence-corrected chi connectivity index (χ1v) is 9.26. The number of benzene rings is 2. The van der Waals surface area contributed by atoms with Gasteiger partial charge in [-0.25, -0.2) is 4.79 Å². The second kappa shape index (κ2) is 8.77. The Labute approximate surface area is 160 Å². The second-order valence-corrected chi connectivity index (χ2v) is 6.77. The summed E-state index contributed by atoms with van der Waals surface area (Å²) in [5.41, 5.74) is 3.16. The summed E-state index contributed by atoms with van der Waals surface area (Å²) in [6.45, 7) is 3.71. The molecule has 1 aliphatic heterocycles. The molecule has 1 heterocycles. The number of urea groups is 1. The molecule has 0 saturated carbocycles. The monoisotopic (exact) mass is 369 g/mol. The molecule has 1 aliphatic rings. The lowest BCUT2D eigenvalue weighted by Gasteiger charge is -2.25. The van der Waals surface area contributed by atoms with E-state index in [0.29, 0.717) is 36.9 Å². The normalized spacial score (nSPS) is 13.9. The van der Waals surface area contributed by atoms with Crippen LogP contribution in [0.2, 0.25) is 0 Å². The molecule has 0 radical (unpaired) electrons. The highest BCUT2D eigenvalue weighted by Gasteiger charge is 2.16. The van der Waals surface area contributed by atoms with Gasteiger partial charge in [-0.15, -0.1) is 0 Å². The maximum atomic E-state index is 12.3. The number of nitrogens with one attached hydrogen (secondary N) is 2. The average molecular weight is 369 g/mol. The molecule has 0 aliphatic carbocycles. The van der Waals surface area contributed by atoms with Crippen molar-refractivity contribution in [2.24, 2.45) is 0 Å². The van der Waals surface area contributed by atoms with Gasteiger partial charge in [-0.3, -0.25) is 0 Å². The van der Waals surface area contributed by atoms with Crippen molar-refractivity contribution in [1.82, 2.24) is 10.2 Å². The van der Waals surface area contributed by atoms with Crippen molar-refractivity contribution in [2.75, 3.05) is 39.2 Å². The van der Waals surface area contributed by atoms with Crippen LogP contribution in [0, 0.1) is 0 Å². The molecule has 0 saturated heterocycles. The number of carbonyl (C=O) groups excluding carboxylic acids is 1. The summed E-state index contributed by atoms with van der Waals surface area (Å²) in [6.07, 6.45) is 1.02. The van der Waals surface area contributed by atoms with Crippen LogP contribution in [0.3, 0.4) is 0 Å². The van der Waals surface area contributed by atoms with Crippen LogP contribution in [0.15, 0.2) is 42.5 Å². The van der Waals surface area contributed by atoms with E-state index in [0.717, 1.165) is 6.42 Å². The fraction of sp³-hybridized carbons (Fsp3) is 0.381. The van der Waals surface area contributed by atoms with E-state index in [1.807, 2.05) is 20.2 Å². The zero-order valence-corrected chi connectivity index (χ0v) is 16.1. The number of rotatable bonds is 6. The number of hydrogen-bond acceptors (Lipinski definition) is 4. The highest BCUT2D eigenvalue weighted by molar-refractivity contribution is 5.89. The van der Waals surface area contributed by atoms with Crippen molar-refractivity contribution in [2.45, 2.75) is 19.4 Å². The number of likely N-dealkylation sites (N-methyl/N-ethyl adjacent to an activating group) is 1. The molecule has 0 bridgehead atoms. The second-order valence-electron chi connectivity index (χ2n) is 6.77. The van der Waals surface area contributed by atoms with Gasteiger partial charge < -0.3 is 25.0 Å². The van der Waals surface area contributed by atoms with E-state index in [2.05, 4.69) is 46.7 Å². The number of amides is 2. The van der Waals surface area contributed by atoms with Gasteiger partial charge in [0.25, 0.3) is 0 Å². The van der Waals surface area contributed by atoms with Crippen LogP contribution in [0.25, 0.3) is 0 Å². The van der Waals surface area contributed by atoms with Crippen LogP contribution in [-0.4, -0.2) is 44.8 Å². The molecule has 2 aromatic rings. The molecule has 2 N–H and O–H groups in total. The molecule has 27 heavy (non-hydrogen) atoms. The van der Waals surface area contributed by atoms with Crippen molar-refractivity contribution in [3.8, 4) is 11.5 Å². The van der Waals surface area contributed by atoms with Gasteiger partial charge in [-0.1, -0.05) is 31.2 Å². The number of nitrogens with zero attached hydrogens (tertiary/aromatic N) is 1. The Morgan fingerprint density at radius 2 is 1.78 bits per heavy atom. The van der Waals surface area contributed by atoms with E-state index in [-0.39, 0.29) is 12.1 Å². The van der Waals surface area contributed by atoms with Crippen LogP contribution in [0.5, 0.6) is 11.5 Å². The molecule has 1 atom stereocenters. The zero-order valence-electron chi connectivity index (χ0n) is 16.1. The number of carbonyl (C=O) groups is 1. The predicted molar refractivity (Wildman–Crippen MR) is 107 cm³/mol. The predicted octanol–water partition coefficient (Wildman–Crippen LogP) is 3.44. The Morgan fingerprint density at radius 1 is 1.07 bits per heavy atom. The number of anilines is 1. The summed E-state index contributed by atoms with van der Waals surface area (Å²) >= 11 is 0. The largest absolute Gasteiger partial charge is 0.486 e. The summed E-state index contributed by atoms with van der Waals surface area (Å²) in [4.78, 5) is 14.4. The highest BCUT2D eigenvalue weighted by Crippen LogP contribution is 2.32. The lowest BCUT2D eigenvalue weighted by atomic mass is 10.0. The highest BCUT2D eigenvalue weighted by atomic mass is 16.6. The van der Waals surface area contributed by atoms with Gasteiger partial charge in [0.15, 0.2) is 11.5 Å². The number of hydrogen-bond donors (Lipinski definition) is 2. The summed E-state index contributed by atoms with van der Waals surface area (Å²) in [5, 5.41) is 5.81. The quantitative estimate of drug-likeness (QED) is 0.819. The van der Waals surface area contributed by atoms with E-state index in [4.69, 9.17) is 9.47 Å². The van der Waals surface area contributed by atoms with Crippen molar-refractivity contribution in [1.29, 1.82) is 0 Å². The van der Waals surface area contributed by atoms with Crippen LogP contribution in [-0.2, 0) is 6.42 Å². The topological polar surface area (TPSA) is 62.8 Å². The van der Waals surface area contributed by atoms with Gasteiger partial charge in [-0.05, 0) is 43.8 Å². The molecule has 2 amide bonds. The Kier molecular flexibility index (Phi) is 6.19. The first kappa shape index (κ1) is 19.0. The molecular weight excluding hydrogens is 342 g/mol. The van der Waals surface area contributed by atoms with Gasteiger partial charge in [0.2, 0.25) is 0 Å². The van der Waals surface area contributed by atoms with Gasteiger partial charge in [0.05, 0.1) is 6.04 Å². The summed E-state index contributed by atoms with van der Waals surface area (Å²) in [5.74, 6) is 1.36. The van der Waals surface area contributed by atoms with Gasteiger partial charge in [-0.2, -0.15) is 0 Å². The molecule has 0 fully saturated rings. The third kappa shape index (κ3) is 4.92. The molecular formula is C21H27N3O3. The Morgan fingerprint density at radius 3 is 2.44 bits per heavy atom. The molecule has 0 spiro atoms. The van der Waals surface area contributed by atoms with E-state index in [9.17, 15) is 4.79 Å². The average Bonchev–Trinajstić information content (AvgIpc) is 2.68. The third-order valence-electron chi connectivity index (χ3n) is 4.65. The Balaban J connectivity index is 1.59.